The van der Waals surface area contributed by atoms with E-state index in [2.05, 4.69) is 20.5 Å². The number of aromatic amines is 1. The summed E-state index contributed by atoms with van der Waals surface area (Å²) in [6, 6.07) is 3.44. The molecule has 4 aromatic rings. The zero-order chi connectivity index (χ0) is 17.7. The molecular weight excluding hydrogens is 319 g/mol. The van der Waals surface area contributed by atoms with Gasteiger partial charge < -0.3 is 15.5 Å². The molecule has 0 aliphatic carbocycles. The van der Waals surface area contributed by atoms with E-state index < -0.39 is 6.04 Å². The fourth-order valence-electron chi connectivity index (χ4n) is 3.36. The largest absolute Gasteiger partial charge is 0.372 e. The summed E-state index contributed by atoms with van der Waals surface area (Å²) in [5.41, 5.74) is 10.2. The van der Waals surface area contributed by atoms with Gasteiger partial charge in [-0.1, -0.05) is 0 Å². The predicted molar refractivity (Wildman–Crippen MR) is 97.1 cm³/mol. The summed E-state index contributed by atoms with van der Waals surface area (Å²) < 4.78 is 16.9. The number of halogens is 1. The first-order valence-corrected chi connectivity index (χ1v) is 8.08. The number of fused-ring (bicyclic) bond motifs is 2. The predicted octanol–water partition coefficient (Wildman–Crippen LogP) is 3.39. The molecule has 6 nitrogen and oxygen atoms in total. The van der Waals surface area contributed by atoms with Crippen molar-refractivity contribution in [2.75, 3.05) is 12.4 Å². The number of anilines is 1. The Hall–Kier alpha value is -2.93. The Balaban J connectivity index is 2.02. The summed E-state index contributed by atoms with van der Waals surface area (Å²) in [6.45, 7) is 3.55. The number of hydrogen-bond acceptors (Lipinski definition) is 4. The van der Waals surface area contributed by atoms with Crippen molar-refractivity contribution < 1.29 is 4.39 Å². The van der Waals surface area contributed by atoms with Gasteiger partial charge in [0.2, 0.25) is 0 Å². The van der Waals surface area contributed by atoms with Gasteiger partial charge in [0.1, 0.15) is 17.3 Å². The van der Waals surface area contributed by atoms with E-state index in [9.17, 15) is 0 Å². The smallest absolute Gasteiger partial charge is 0.145 e. The van der Waals surface area contributed by atoms with E-state index in [0.29, 0.717) is 16.6 Å². The quantitative estimate of drug-likeness (QED) is 0.535. The lowest BCUT2D eigenvalue weighted by molar-refractivity contribution is 0.589. The minimum absolute atomic E-state index is 0.289. The molecule has 0 bridgehead atoms. The number of aromatic nitrogens is 4. The van der Waals surface area contributed by atoms with Gasteiger partial charge in [-0.3, -0.25) is 5.10 Å². The third-order valence-corrected chi connectivity index (χ3v) is 4.57. The fourth-order valence-corrected chi connectivity index (χ4v) is 3.36. The number of nitrogens with one attached hydrogen (secondary N) is 2. The number of nitrogens with two attached hydrogens (primary N) is 1. The molecule has 1 atom stereocenters. The number of nitrogens with zero attached hydrogens (tertiary/aromatic N) is 3. The van der Waals surface area contributed by atoms with Crippen LogP contribution in [0.5, 0.6) is 0 Å². The minimum atomic E-state index is -0.426. The van der Waals surface area contributed by atoms with Gasteiger partial charge in [0, 0.05) is 30.2 Å². The molecule has 1 aromatic carbocycles. The molecule has 0 amide bonds. The number of rotatable bonds is 3. The van der Waals surface area contributed by atoms with Crippen molar-refractivity contribution in [3.8, 4) is 11.1 Å². The molecular formula is C18H19FN6. The molecule has 4 rings (SSSR count). The van der Waals surface area contributed by atoms with Crippen molar-refractivity contribution in [3.63, 3.8) is 0 Å². The maximum Gasteiger partial charge on any atom is 0.145 e. The molecule has 0 saturated carbocycles. The van der Waals surface area contributed by atoms with Crippen LogP contribution in [-0.2, 0) is 0 Å². The maximum atomic E-state index is 15.0. The second kappa shape index (κ2) is 5.56. The molecule has 0 saturated heterocycles. The normalized spacial score (nSPS) is 12.8. The van der Waals surface area contributed by atoms with Crippen molar-refractivity contribution in [1.82, 2.24) is 19.6 Å². The van der Waals surface area contributed by atoms with Crippen LogP contribution in [0.4, 0.5) is 10.2 Å². The summed E-state index contributed by atoms with van der Waals surface area (Å²) in [4.78, 5) is 4.44. The Morgan fingerprint density at radius 2 is 2.12 bits per heavy atom. The van der Waals surface area contributed by atoms with Crippen molar-refractivity contribution in [2.45, 2.75) is 19.9 Å². The highest BCUT2D eigenvalue weighted by molar-refractivity contribution is 5.98. The van der Waals surface area contributed by atoms with Crippen LogP contribution in [0.25, 0.3) is 27.7 Å². The van der Waals surface area contributed by atoms with Crippen LogP contribution in [0.15, 0.2) is 30.7 Å². The lowest BCUT2D eigenvalue weighted by atomic mass is 9.92. The standard InChI is InChI=1S/C18H19FN6/c1-9-15(11-4-5-14-23-13(21-3)8-25(14)7-11)12-6-22-24-18(12)16(10(2)20)17(9)19/h4-8,10,21H,20H2,1-3H3,(H,22,24). The number of benzene rings is 1. The topological polar surface area (TPSA) is 84.0 Å². The second-order valence-electron chi connectivity index (χ2n) is 6.23. The highest BCUT2D eigenvalue weighted by Gasteiger charge is 2.21. The van der Waals surface area contributed by atoms with Crippen LogP contribution >= 0.6 is 0 Å². The first kappa shape index (κ1) is 15.6. The van der Waals surface area contributed by atoms with E-state index in [0.717, 1.165) is 28.0 Å². The number of pyridine rings is 1. The summed E-state index contributed by atoms with van der Waals surface area (Å²) in [5, 5.41) is 10.9. The molecule has 0 radical (unpaired) electrons. The zero-order valence-corrected chi connectivity index (χ0v) is 14.3. The van der Waals surface area contributed by atoms with E-state index >= 15 is 4.39 Å². The summed E-state index contributed by atoms with van der Waals surface area (Å²) in [7, 11) is 1.82. The first-order chi connectivity index (χ1) is 12.0. The average Bonchev–Trinajstić information content (AvgIpc) is 3.21. The Morgan fingerprint density at radius 1 is 1.32 bits per heavy atom. The summed E-state index contributed by atoms with van der Waals surface area (Å²) >= 11 is 0. The molecule has 0 spiro atoms. The molecule has 128 valence electrons. The Morgan fingerprint density at radius 3 is 2.84 bits per heavy atom. The van der Waals surface area contributed by atoms with E-state index in [1.54, 1.807) is 20.0 Å². The minimum Gasteiger partial charge on any atom is -0.372 e. The van der Waals surface area contributed by atoms with Crippen LogP contribution in [0.2, 0.25) is 0 Å². The van der Waals surface area contributed by atoms with Gasteiger partial charge in [-0.15, -0.1) is 0 Å². The number of H-pyrrole nitrogens is 1. The van der Waals surface area contributed by atoms with Gasteiger partial charge in [-0.25, -0.2) is 9.37 Å². The third kappa shape index (κ3) is 2.27. The van der Waals surface area contributed by atoms with Crippen molar-refractivity contribution in [1.29, 1.82) is 0 Å². The van der Waals surface area contributed by atoms with Crippen LogP contribution in [0, 0.1) is 12.7 Å². The molecule has 3 heterocycles. The van der Waals surface area contributed by atoms with Crippen molar-refractivity contribution in [3.05, 3.63) is 47.7 Å². The highest BCUT2D eigenvalue weighted by atomic mass is 19.1. The third-order valence-electron chi connectivity index (χ3n) is 4.57. The highest BCUT2D eigenvalue weighted by Crippen LogP contribution is 2.37. The summed E-state index contributed by atoms with van der Waals surface area (Å²) in [5.74, 6) is 0.490. The molecule has 7 heteroatoms. The van der Waals surface area contributed by atoms with Crippen LogP contribution < -0.4 is 11.1 Å². The maximum absolute atomic E-state index is 15.0. The number of imidazole rings is 1. The number of hydrogen-bond donors (Lipinski definition) is 3. The average molecular weight is 338 g/mol. The lowest BCUT2D eigenvalue weighted by Crippen LogP contribution is -2.10. The van der Waals surface area contributed by atoms with Gasteiger partial charge in [-0.05, 0) is 42.7 Å². The van der Waals surface area contributed by atoms with Gasteiger partial charge >= 0.3 is 0 Å². The van der Waals surface area contributed by atoms with E-state index in [1.165, 1.54) is 0 Å². The van der Waals surface area contributed by atoms with Crippen LogP contribution in [0.3, 0.4) is 0 Å². The van der Waals surface area contributed by atoms with Crippen molar-refractivity contribution in [2.24, 2.45) is 5.73 Å². The van der Waals surface area contributed by atoms with Gasteiger partial charge in [0.15, 0.2) is 0 Å². The van der Waals surface area contributed by atoms with Crippen LogP contribution in [0.1, 0.15) is 24.1 Å². The van der Waals surface area contributed by atoms with Crippen LogP contribution in [-0.4, -0.2) is 26.6 Å². The van der Waals surface area contributed by atoms with Gasteiger partial charge in [0.25, 0.3) is 0 Å². The van der Waals surface area contributed by atoms with E-state index in [4.69, 9.17) is 5.73 Å². The molecule has 0 aliphatic heterocycles. The second-order valence-corrected chi connectivity index (χ2v) is 6.23. The first-order valence-electron chi connectivity index (χ1n) is 8.08. The zero-order valence-electron chi connectivity index (χ0n) is 14.3. The Labute approximate surface area is 143 Å². The monoisotopic (exact) mass is 338 g/mol. The SMILES string of the molecule is CNc1cn2cc(-c3c(C)c(F)c(C(C)N)c4[nH]ncc34)ccc2n1. The molecule has 0 aliphatic rings. The van der Waals surface area contributed by atoms with E-state index in [1.807, 2.05) is 36.0 Å². The van der Waals surface area contributed by atoms with Gasteiger partial charge in [-0.2, -0.15) is 5.10 Å². The molecule has 4 N–H and O–H groups in total. The van der Waals surface area contributed by atoms with Gasteiger partial charge in [0.05, 0.1) is 17.9 Å². The molecule has 1 unspecified atom stereocenters. The molecule has 25 heavy (non-hydrogen) atoms. The fraction of sp³-hybridized carbons (Fsp3) is 0.222. The van der Waals surface area contributed by atoms with E-state index in [-0.39, 0.29) is 5.82 Å². The van der Waals surface area contributed by atoms with Crippen molar-refractivity contribution >= 4 is 22.4 Å². The Kier molecular flexibility index (Phi) is 3.47. The molecule has 3 aromatic heterocycles. The summed E-state index contributed by atoms with van der Waals surface area (Å²) in [6.07, 6.45) is 5.57. The Bertz CT molecular complexity index is 1090. The molecule has 0 fully saturated rings. The lowest BCUT2D eigenvalue weighted by Gasteiger charge is -2.16.